The summed E-state index contributed by atoms with van der Waals surface area (Å²) in [6.45, 7) is 3.62. The maximum Gasteiger partial charge on any atom is 0.251 e. The fourth-order valence-corrected chi connectivity index (χ4v) is 3.09. The zero-order chi connectivity index (χ0) is 15.1. The van der Waals surface area contributed by atoms with Crippen molar-refractivity contribution in [3.8, 4) is 0 Å². The largest absolute Gasteiger partial charge is 0.347 e. The SMILES string of the molecule is CCc1ccc(CNC(=O)c2ccccc2CCNC)s1. The van der Waals surface area contributed by atoms with E-state index in [4.69, 9.17) is 0 Å². The van der Waals surface area contributed by atoms with Gasteiger partial charge in [0.05, 0.1) is 6.54 Å². The molecule has 0 aliphatic carbocycles. The third-order valence-electron chi connectivity index (χ3n) is 3.40. The van der Waals surface area contributed by atoms with E-state index in [-0.39, 0.29) is 5.91 Å². The minimum Gasteiger partial charge on any atom is -0.347 e. The molecule has 2 aromatic rings. The summed E-state index contributed by atoms with van der Waals surface area (Å²) in [5.41, 5.74) is 1.87. The van der Waals surface area contributed by atoms with Crippen LogP contribution < -0.4 is 10.6 Å². The van der Waals surface area contributed by atoms with Crippen molar-refractivity contribution < 1.29 is 4.79 Å². The molecule has 112 valence electrons. The molecule has 1 amide bonds. The summed E-state index contributed by atoms with van der Waals surface area (Å²) in [4.78, 5) is 14.9. The van der Waals surface area contributed by atoms with Gasteiger partial charge in [-0.15, -0.1) is 11.3 Å². The second kappa shape index (κ2) is 7.96. The first kappa shape index (κ1) is 15.7. The first-order valence-corrected chi connectivity index (χ1v) is 8.14. The van der Waals surface area contributed by atoms with Gasteiger partial charge < -0.3 is 10.6 Å². The van der Waals surface area contributed by atoms with Crippen LogP contribution in [0.1, 0.15) is 32.6 Å². The van der Waals surface area contributed by atoms with Gasteiger partial charge in [-0.05, 0) is 50.2 Å². The maximum absolute atomic E-state index is 12.4. The van der Waals surface area contributed by atoms with Crippen LogP contribution >= 0.6 is 11.3 Å². The number of hydrogen-bond donors (Lipinski definition) is 2. The molecule has 0 fully saturated rings. The highest BCUT2D eigenvalue weighted by Crippen LogP contribution is 2.17. The standard InChI is InChI=1S/C17H22N2OS/c1-3-14-8-9-15(21-14)12-19-17(20)16-7-5-4-6-13(16)10-11-18-2/h4-9,18H,3,10-12H2,1-2H3,(H,19,20). The van der Waals surface area contributed by atoms with Crippen LogP contribution in [0.2, 0.25) is 0 Å². The molecule has 3 nitrogen and oxygen atoms in total. The monoisotopic (exact) mass is 302 g/mol. The smallest absolute Gasteiger partial charge is 0.251 e. The van der Waals surface area contributed by atoms with Crippen molar-refractivity contribution >= 4 is 17.2 Å². The number of benzene rings is 1. The predicted octanol–water partition coefficient (Wildman–Crippen LogP) is 3.00. The highest BCUT2D eigenvalue weighted by Gasteiger charge is 2.10. The quantitative estimate of drug-likeness (QED) is 0.825. The molecular formula is C17H22N2OS. The minimum atomic E-state index is 0.00755. The van der Waals surface area contributed by atoms with Crippen LogP contribution in [0.25, 0.3) is 0 Å². The molecule has 2 N–H and O–H groups in total. The number of carbonyl (C=O) groups is 1. The number of thiophene rings is 1. The predicted molar refractivity (Wildman–Crippen MR) is 88.9 cm³/mol. The van der Waals surface area contributed by atoms with Crippen LogP contribution in [-0.4, -0.2) is 19.5 Å². The molecule has 0 unspecified atom stereocenters. The average molecular weight is 302 g/mol. The Hall–Kier alpha value is -1.65. The third kappa shape index (κ3) is 4.41. The summed E-state index contributed by atoms with van der Waals surface area (Å²) in [5, 5.41) is 6.14. The number of aryl methyl sites for hydroxylation is 1. The highest BCUT2D eigenvalue weighted by molar-refractivity contribution is 7.11. The van der Waals surface area contributed by atoms with Gasteiger partial charge in [0.2, 0.25) is 0 Å². The number of hydrogen-bond acceptors (Lipinski definition) is 3. The fourth-order valence-electron chi connectivity index (χ4n) is 2.19. The van der Waals surface area contributed by atoms with Crippen LogP contribution in [0.4, 0.5) is 0 Å². The Balaban J connectivity index is 1.99. The minimum absolute atomic E-state index is 0.00755. The van der Waals surface area contributed by atoms with E-state index < -0.39 is 0 Å². The van der Waals surface area contributed by atoms with Gasteiger partial charge in [-0.3, -0.25) is 4.79 Å². The topological polar surface area (TPSA) is 41.1 Å². The fraction of sp³-hybridized carbons (Fsp3) is 0.353. The normalized spacial score (nSPS) is 10.6. The average Bonchev–Trinajstić information content (AvgIpc) is 2.99. The molecule has 0 aliphatic heterocycles. The Kier molecular flexibility index (Phi) is 5.96. The summed E-state index contributed by atoms with van der Waals surface area (Å²) in [6.07, 6.45) is 1.91. The van der Waals surface area contributed by atoms with E-state index in [9.17, 15) is 4.79 Å². The Morgan fingerprint density at radius 1 is 1.14 bits per heavy atom. The van der Waals surface area contributed by atoms with Gasteiger partial charge in [-0.2, -0.15) is 0 Å². The number of rotatable bonds is 7. The molecule has 21 heavy (non-hydrogen) atoms. The van der Waals surface area contributed by atoms with Crippen molar-refractivity contribution in [3.63, 3.8) is 0 Å². The van der Waals surface area contributed by atoms with E-state index in [0.29, 0.717) is 6.54 Å². The van der Waals surface area contributed by atoms with Crippen molar-refractivity contribution in [2.45, 2.75) is 26.3 Å². The molecule has 0 spiro atoms. The van der Waals surface area contributed by atoms with Gasteiger partial charge in [0.15, 0.2) is 0 Å². The zero-order valence-electron chi connectivity index (χ0n) is 12.6. The van der Waals surface area contributed by atoms with E-state index in [1.54, 1.807) is 11.3 Å². The molecule has 1 aromatic carbocycles. The molecule has 0 saturated carbocycles. The van der Waals surface area contributed by atoms with E-state index in [1.165, 1.54) is 9.75 Å². The number of nitrogens with one attached hydrogen (secondary N) is 2. The van der Waals surface area contributed by atoms with E-state index in [0.717, 1.165) is 30.5 Å². The molecular weight excluding hydrogens is 280 g/mol. The Morgan fingerprint density at radius 2 is 1.90 bits per heavy atom. The first-order chi connectivity index (χ1) is 10.2. The van der Waals surface area contributed by atoms with E-state index >= 15 is 0 Å². The van der Waals surface area contributed by atoms with Crippen molar-refractivity contribution in [2.75, 3.05) is 13.6 Å². The van der Waals surface area contributed by atoms with E-state index in [2.05, 4.69) is 29.7 Å². The van der Waals surface area contributed by atoms with E-state index in [1.807, 2.05) is 31.3 Å². The summed E-state index contributed by atoms with van der Waals surface area (Å²) in [7, 11) is 1.92. The molecule has 0 saturated heterocycles. The van der Waals surface area contributed by atoms with Crippen LogP contribution in [0.5, 0.6) is 0 Å². The number of likely N-dealkylation sites (N-methyl/N-ethyl adjacent to an activating group) is 1. The lowest BCUT2D eigenvalue weighted by molar-refractivity contribution is 0.0950. The summed E-state index contributed by atoms with van der Waals surface area (Å²) >= 11 is 1.76. The summed E-state index contributed by atoms with van der Waals surface area (Å²) in [5.74, 6) is 0.00755. The van der Waals surface area contributed by atoms with Crippen LogP contribution in [-0.2, 0) is 19.4 Å². The molecule has 0 bridgehead atoms. The van der Waals surface area contributed by atoms with Crippen molar-refractivity contribution in [3.05, 3.63) is 57.3 Å². The lowest BCUT2D eigenvalue weighted by Crippen LogP contribution is -2.24. The third-order valence-corrected chi connectivity index (χ3v) is 4.62. The lowest BCUT2D eigenvalue weighted by Gasteiger charge is -2.09. The second-order valence-electron chi connectivity index (χ2n) is 4.91. The zero-order valence-corrected chi connectivity index (χ0v) is 13.4. The molecule has 0 aliphatic rings. The maximum atomic E-state index is 12.4. The van der Waals surface area contributed by atoms with Gasteiger partial charge in [0.25, 0.3) is 5.91 Å². The van der Waals surface area contributed by atoms with Gasteiger partial charge in [0, 0.05) is 15.3 Å². The molecule has 4 heteroatoms. The van der Waals surface area contributed by atoms with Gasteiger partial charge in [0.1, 0.15) is 0 Å². The molecule has 0 radical (unpaired) electrons. The van der Waals surface area contributed by atoms with Gasteiger partial charge >= 0.3 is 0 Å². The second-order valence-corrected chi connectivity index (χ2v) is 6.17. The molecule has 0 atom stereocenters. The first-order valence-electron chi connectivity index (χ1n) is 7.33. The Labute approximate surface area is 130 Å². The van der Waals surface area contributed by atoms with Gasteiger partial charge in [-0.1, -0.05) is 25.1 Å². The number of amides is 1. The van der Waals surface area contributed by atoms with Crippen LogP contribution in [0.3, 0.4) is 0 Å². The summed E-state index contributed by atoms with van der Waals surface area (Å²) < 4.78 is 0. The van der Waals surface area contributed by atoms with Crippen molar-refractivity contribution in [1.29, 1.82) is 0 Å². The number of carbonyl (C=O) groups excluding carboxylic acids is 1. The lowest BCUT2D eigenvalue weighted by atomic mass is 10.0. The molecule has 1 heterocycles. The van der Waals surface area contributed by atoms with Crippen LogP contribution in [0.15, 0.2) is 36.4 Å². The molecule has 2 rings (SSSR count). The van der Waals surface area contributed by atoms with Gasteiger partial charge in [-0.25, -0.2) is 0 Å². The molecule has 1 aromatic heterocycles. The van der Waals surface area contributed by atoms with Crippen molar-refractivity contribution in [2.24, 2.45) is 0 Å². The Morgan fingerprint density at radius 3 is 2.62 bits per heavy atom. The van der Waals surface area contributed by atoms with Crippen LogP contribution in [0, 0.1) is 0 Å². The highest BCUT2D eigenvalue weighted by atomic mass is 32.1. The summed E-state index contributed by atoms with van der Waals surface area (Å²) in [6, 6.07) is 12.0. The van der Waals surface area contributed by atoms with Crippen molar-refractivity contribution in [1.82, 2.24) is 10.6 Å². The Bertz CT molecular complexity index is 592.